The van der Waals surface area contributed by atoms with Crippen molar-refractivity contribution in [3.63, 3.8) is 0 Å². The number of likely N-dealkylation sites (tertiary alicyclic amines) is 1. The molecule has 1 saturated heterocycles. The Balaban J connectivity index is 1.77. The molecule has 1 aromatic carbocycles. The van der Waals surface area contributed by atoms with Crippen molar-refractivity contribution in [1.82, 2.24) is 19.7 Å². The number of aryl methyl sites for hydroxylation is 1. The average Bonchev–Trinajstić information content (AvgIpc) is 3.08. The monoisotopic (exact) mass is 312 g/mol. The fourth-order valence-corrected chi connectivity index (χ4v) is 2.80. The molecule has 0 radical (unpaired) electrons. The number of aliphatic imine (C=N–C) groups is 1. The molecule has 0 amide bonds. The van der Waals surface area contributed by atoms with Gasteiger partial charge in [-0.1, -0.05) is 18.2 Å². The maximum absolute atomic E-state index is 4.80. The Bertz CT molecular complexity index is 628. The van der Waals surface area contributed by atoms with Gasteiger partial charge in [-0.3, -0.25) is 0 Å². The van der Waals surface area contributed by atoms with Gasteiger partial charge in [0.05, 0.1) is 0 Å². The van der Waals surface area contributed by atoms with Crippen LogP contribution in [0.2, 0.25) is 0 Å². The predicted octanol–water partition coefficient (Wildman–Crippen LogP) is 2.75. The van der Waals surface area contributed by atoms with Crippen molar-refractivity contribution in [2.24, 2.45) is 4.99 Å². The van der Waals surface area contributed by atoms with Crippen LogP contribution in [-0.4, -0.2) is 38.7 Å². The maximum Gasteiger partial charge on any atom is 0.198 e. The first kappa shape index (κ1) is 15.5. The van der Waals surface area contributed by atoms with E-state index in [0.29, 0.717) is 6.54 Å². The molecule has 2 heterocycles. The van der Waals surface area contributed by atoms with Gasteiger partial charge >= 0.3 is 0 Å². The minimum absolute atomic E-state index is 0.541. The molecule has 0 aliphatic carbocycles. The van der Waals surface area contributed by atoms with E-state index in [1.54, 1.807) is 6.33 Å². The highest BCUT2D eigenvalue weighted by molar-refractivity contribution is 5.93. The van der Waals surface area contributed by atoms with Crippen LogP contribution < -0.4 is 5.32 Å². The zero-order valence-electron chi connectivity index (χ0n) is 13.6. The Morgan fingerprint density at radius 3 is 2.70 bits per heavy atom. The van der Waals surface area contributed by atoms with Crippen LogP contribution in [-0.2, 0) is 13.1 Å². The van der Waals surface area contributed by atoms with Crippen LogP contribution in [0.25, 0.3) is 0 Å². The standard InChI is InChI=1S/C17H24N6/c1-2-23-16(19-14-20-23)13-18-17(22-11-7-4-8-12-22)21-15-9-5-3-6-10-15/h3,5-6,9-10,14H,2,4,7-8,11-13H2,1H3,(H,18,21). The summed E-state index contributed by atoms with van der Waals surface area (Å²) in [6.45, 7) is 5.53. The summed E-state index contributed by atoms with van der Waals surface area (Å²) in [7, 11) is 0. The lowest BCUT2D eigenvalue weighted by atomic mass is 10.1. The molecule has 1 aromatic heterocycles. The van der Waals surface area contributed by atoms with Crippen molar-refractivity contribution >= 4 is 11.6 Å². The number of hydrogen-bond donors (Lipinski definition) is 1. The van der Waals surface area contributed by atoms with Crippen molar-refractivity contribution in [3.8, 4) is 0 Å². The van der Waals surface area contributed by atoms with Crippen molar-refractivity contribution in [1.29, 1.82) is 0 Å². The van der Waals surface area contributed by atoms with Crippen LogP contribution in [0.3, 0.4) is 0 Å². The van der Waals surface area contributed by atoms with Crippen LogP contribution in [0.4, 0.5) is 5.69 Å². The molecule has 0 saturated carbocycles. The molecule has 1 aliphatic heterocycles. The Labute approximate surface area is 137 Å². The van der Waals surface area contributed by atoms with E-state index in [2.05, 4.69) is 39.4 Å². The highest BCUT2D eigenvalue weighted by atomic mass is 15.3. The van der Waals surface area contributed by atoms with Gasteiger partial charge in [-0.25, -0.2) is 14.7 Å². The molecule has 6 heteroatoms. The molecule has 6 nitrogen and oxygen atoms in total. The number of benzene rings is 1. The van der Waals surface area contributed by atoms with E-state index in [1.807, 2.05) is 22.9 Å². The van der Waals surface area contributed by atoms with Crippen molar-refractivity contribution in [2.45, 2.75) is 39.3 Å². The van der Waals surface area contributed by atoms with Crippen LogP contribution in [0.15, 0.2) is 41.7 Å². The molecule has 0 atom stereocenters. The van der Waals surface area contributed by atoms with Crippen LogP contribution in [0.1, 0.15) is 32.0 Å². The molecule has 1 aliphatic rings. The summed E-state index contributed by atoms with van der Waals surface area (Å²) in [5.41, 5.74) is 1.06. The quantitative estimate of drug-likeness (QED) is 0.696. The Kier molecular flexibility index (Phi) is 5.24. The summed E-state index contributed by atoms with van der Waals surface area (Å²) >= 11 is 0. The summed E-state index contributed by atoms with van der Waals surface area (Å²) in [6.07, 6.45) is 5.35. The second-order valence-corrected chi connectivity index (χ2v) is 5.67. The fourth-order valence-electron chi connectivity index (χ4n) is 2.80. The molecule has 0 unspecified atom stereocenters. The third kappa shape index (κ3) is 4.09. The third-order valence-electron chi connectivity index (χ3n) is 4.05. The molecule has 0 spiro atoms. The summed E-state index contributed by atoms with van der Waals surface area (Å²) in [6, 6.07) is 10.2. The zero-order chi connectivity index (χ0) is 15.9. The molecule has 23 heavy (non-hydrogen) atoms. The second-order valence-electron chi connectivity index (χ2n) is 5.67. The second kappa shape index (κ2) is 7.76. The van der Waals surface area contributed by atoms with Crippen molar-refractivity contribution < 1.29 is 0 Å². The topological polar surface area (TPSA) is 58.3 Å². The van der Waals surface area contributed by atoms with E-state index < -0.39 is 0 Å². The number of piperidine rings is 1. The Morgan fingerprint density at radius 1 is 1.17 bits per heavy atom. The average molecular weight is 312 g/mol. The number of para-hydroxylation sites is 1. The van der Waals surface area contributed by atoms with Gasteiger partial charge in [0, 0.05) is 25.3 Å². The minimum atomic E-state index is 0.541. The van der Waals surface area contributed by atoms with Gasteiger partial charge in [0.2, 0.25) is 0 Å². The van der Waals surface area contributed by atoms with E-state index in [4.69, 9.17) is 4.99 Å². The number of aromatic nitrogens is 3. The fraction of sp³-hybridized carbons (Fsp3) is 0.471. The largest absolute Gasteiger partial charge is 0.343 e. The highest BCUT2D eigenvalue weighted by Gasteiger charge is 2.15. The summed E-state index contributed by atoms with van der Waals surface area (Å²) in [5, 5.41) is 7.68. The van der Waals surface area contributed by atoms with Gasteiger partial charge in [-0.05, 0) is 38.3 Å². The number of guanidine groups is 1. The molecule has 1 N–H and O–H groups in total. The molecule has 122 valence electrons. The summed E-state index contributed by atoms with van der Waals surface area (Å²) in [5.74, 6) is 1.83. The third-order valence-corrected chi connectivity index (χ3v) is 4.05. The summed E-state index contributed by atoms with van der Waals surface area (Å²) < 4.78 is 1.89. The molecule has 1 fully saturated rings. The van der Waals surface area contributed by atoms with E-state index in [1.165, 1.54) is 19.3 Å². The molecule has 2 aromatic rings. The molecule has 3 rings (SSSR count). The smallest absolute Gasteiger partial charge is 0.198 e. The normalized spacial score (nSPS) is 15.7. The number of nitrogens with one attached hydrogen (secondary N) is 1. The SMILES string of the molecule is CCn1ncnc1CN=C(Nc1ccccc1)N1CCCCC1. The van der Waals surface area contributed by atoms with Gasteiger partial charge in [0.1, 0.15) is 18.7 Å². The summed E-state index contributed by atoms with van der Waals surface area (Å²) in [4.78, 5) is 11.4. The van der Waals surface area contributed by atoms with Crippen LogP contribution in [0, 0.1) is 0 Å². The minimum Gasteiger partial charge on any atom is -0.343 e. The highest BCUT2D eigenvalue weighted by Crippen LogP contribution is 2.13. The zero-order valence-corrected chi connectivity index (χ0v) is 13.6. The number of hydrogen-bond acceptors (Lipinski definition) is 3. The lowest BCUT2D eigenvalue weighted by Crippen LogP contribution is -2.40. The van der Waals surface area contributed by atoms with Gasteiger partial charge in [-0.2, -0.15) is 5.10 Å². The molecule has 0 bridgehead atoms. The van der Waals surface area contributed by atoms with Crippen LogP contribution in [0.5, 0.6) is 0 Å². The number of nitrogens with zero attached hydrogens (tertiary/aromatic N) is 5. The van der Waals surface area contributed by atoms with E-state index in [0.717, 1.165) is 37.1 Å². The first-order valence-corrected chi connectivity index (χ1v) is 8.35. The Hall–Kier alpha value is -2.37. The van der Waals surface area contributed by atoms with Crippen molar-refractivity contribution in [2.75, 3.05) is 18.4 Å². The lowest BCUT2D eigenvalue weighted by molar-refractivity contribution is 0.340. The first-order chi connectivity index (χ1) is 11.4. The van der Waals surface area contributed by atoms with Crippen molar-refractivity contribution in [3.05, 3.63) is 42.5 Å². The number of rotatable bonds is 4. The molecular formula is C17H24N6. The lowest BCUT2D eigenvalue weighted by Gasteiger charge is -2.30. The maximum atomic E-state index is 4.80. The van der Waals surface area contributed by atoms with Crippen LogP contribution >= 0.6 is 0 Å². The van der Waals surface area contributed by atoms with Gasteiger partial charge in [0.25, 0.3) is 0 Å². The Morgan fingerprint density at radius 2 is 1.96 bits per heavy atom. The predicted molar refractivity (Wildman–Crippen MR) is 92.3 cm³/mol. The molecular weight excluding hydrogens is 288 g/mol. The van der Waals surface area contributed by atoms with Gasteiger partial charge in [-0.15, -0.1) is 0 Å². The van der Waals surface area contributed by atoms with Gasteiger partial charge in [0.15, 0.2) is 5.96 Å². The van der Waals surface area contributed by atoms with E-state index in [-0.39, 0.29) is 0 Å². The van der Waals surface area contributed by atoms with Gasteiger partial charge < -0.3 is 10.2 Å². The van der Waals surface area contributed by atoms with E-state index >= 15 is 0 Å². The number of anilines is 1. The first-order valence-electron chi connectivity index (χ1n) is 8.35. The van der Waals surface area contributed by atoms with E-state index in [9.17, 15) is 0 Å².